The number of aryl methyl sites for hydroxylation is 1. The summed E-state index contributed by atoms with van der Waals surface area (Å²) in [4.78, 5) is 16.2. The zero-order valence-electron chi connectivity index (χ0n) is 17.6. The molecule has 1 aliphatic rings. The quantitative estimate of drug-likeness (QED) is 0.721. The molecule has 2 aromatic rings. The van der Waals surface area contributed by atoms with Crippen molar-refractivity contribution < 1.29 is 9.90 Å². The van der Waals surface area contributed by atoms with Crippen LogP contribution in [0, 0.1) is 5.92 Å². The lowest BCUT2D eigenvalue weighted by Gasteiger charge is -2.46. The van der Waals surface area contributed by atoms with Crippen LogP contribution in [0.15, 0.2) is 54.6 Å². The molecule has 156 valence electrons. The van der Waals surface area contributed by atoms with Crippen LogP contribution in [-0.2, 0) is 12.0 Å². The third-order valence-corrected chi connectivity index (χ3v) is 5.98. The van der Waals surface area contributed by atoms with Crippen molar-refractivity contribution in [3.8, 4) is 0 Å². The van der Waals surface area contributed by atoms with E-state index in [0.29, 0.717) is 12.0 Å². The van der Waals surface area contributed by atoms with E-state index in [9.17, 15) is 9.90 Å². The molecule has 0 bridgehead atoms. The summed E-state index contributed by atoms with van der Waals surface area (Å²) in [6, 6.07) is 17.8. The monoisotopic (exact) mass is 395 g/mol. The molecule has 3 N–H and O–H groups in total. The van der Waals surface area contributed by atoms with Crippen LogP contribution in [0.2, 0.25) is 0 Å². The second-order valence-corrected chi connectivity index (χ2v) is 8.47. The number of hydrogen-bond donors (Lipinski definition) is 2. The van der Waals surface area contributed by atoms with Gasteiger partial charge in [-0.1, -0.05) is 42.5 Å². The third kappa shape index (κ3) is 5.44. The number of hydrogen-bond acceptors (Lipinski definition) is 4. The van der Waals surface area contributed by atoms with E-state index >= 15 is 0 Å². The van der Waals surface area contributed by atoms with Crippen molar-refractivity contribution in [3.05, 3.63) is 71.3 Å². The molecule has 0 saturated carbocycles. The molecular formula is C24H33N3O2. The molecular weight excluding hydrogens is 362 g/mol. The number of rotatable bonds is 8. The predicted octanol–water partition coefficient (Wildman–Crippen LogP) is 2.49. The van der Waals surface area contributed by atoms with E-state index in [2.05, 4.69) is 34.1 Å². The van der Waals surface area contributed by atoms with Gasteiger partial charge in [0, 0.05) is 31.1 Å². The first-order chi connectivity index (χ1) is 13.9. The lowest BCUT2D eigenvalue weighted by molar-refractivity contribution is -0.0846. The number of benzene rings is 2. The van der Waals surface area contributed by atoms with E-state index < -0.39 is 11.5 Å². The fourth-order valence-corrected chi connectivity index (χ4v) is 4.41. The van der Waals surface area contributed by atoms with E-state index in [4.69, 9.17) is 5.73 Å². The highest BCUT2D eigenvalue weighted by Gasteiger charge is 2.43. The first-order valence-electron chi connectivity index (χ1n) is 10.4. The van der Waals surface area contributed by atoms with Crippen molar-refractivity contribution >= 4 is 5.91 Å². The van der Waals surface area contributed by atoms with Gasteiger partial charge in [0.05, 0.1) is 5.60 Å². The molecule has 0 radical (unpaired) electrons. The minimum Gasteiger partial charge on any atom is -0.385 e. The van der Waals surface area contributed by atoms with Crippen molar-refractivity contribution in [2.45, 2.75) is 24.9 Å². The van der Waals surface area contributed by atoms with Crippen LogP contribution in [0.3, 0.4) is 0 Å². The lowest BCUT2D eigenvalue weighted by atomic mass is 9.75. The number of amides is 1. The number of aliphatic hydroxyl groups is 1. The largest absolute Gasteiger partial charge is 0.385 e. The van der Waals surface area contributed by atoms with Gasteiger partial charge >= 0.3 is 0 Å². The molecule has 0 aromatic heterocycles. The highest BCUT2D eigenvalue weighted by molar-refractivity contribution is 5.92. The average molecular weight is 396 g/mol. The summed E-state index contributed by atoms with van der Waals surface area (Å²) < 4.78 is 0. The van der Waals surface area contributed by atoms with Gasteiger partial charge in [0.15, 0.2) is 0 Å². The van der Waals surface area contributed by atoms with E-state index in [1.165, 1.54) is 5.56 Å². The van der Waals surface area contributed by atoms with E-state index in [0.717, 1.165) is 44.6 Å². The summed E-state index contributed by atoms with van der Waals surface area (Å²) in [6.07, 6.45) is 2.83. The van der Waals surface area contributed by atoms with Crippen molar-refractivity contribution in [1.29, 1.82) is 0 Å². The number of likely N-dealkylation sites (tertiary alicyclic amines) is 1. The van der Waals surface area contributed by atoms with Gasteiger partial charge < -0.3 is 20.6 Å². The Morgan fingerprint density at radius 1 is 1.21 bits per heavy atom. The predicted molar refractivity (Wildman–Crippen MR) is 117 cm³/mol. The van der Waals surface area contributed by atoms with Gasteiger partial charge in [0.1, 0.15) is 0 Å². The van der Waals surface area contributed by atoms with Gasteiger partial charge in [-0.3, -0.25) is 4.79 Å². The second-order valence-electron chi connectivity index (χ2n) is 8.47. The maximum Gasteiger partial charge on any atom is 0.248 e. The molecule has 0 unspecified atom stereocenters. The fraction of sp³-hybridized carbons (Fsp3) is 0.458. The number of piperidine rings is 1. The van der Waals surface area contributed by atoms with E-state index in [1.54, 1.807) is 12.1 Å². The Bertz CT molecular complexity index is 809. The first kappa shape index (κ1) is 21.5. The highest BCUT2D eigenvalue weighted by atomic mass is 16.3. The van der Waals surface area contributed by atoms with Crippen LogP contribution < -0.4 is 5.73 Å². The van der Waals surface area contributed by atoms with Gasteiger partial charge in [-0.05, 0) is 63.2 Å². The van der Waals surface area contributed by atoms with Gasteiger partial charge in [-0.25, -0.2) is 0 Å². The van der Waals surface area contributed by atoms with Crippen molar-refractivity contribution in [2.24, 2.45) is 11.7 Å². The first-order valence-corrected chi connectivity index (χ1v) is 10.4. The van der Waals surface area contributed by atoms with Gasteiger partial charge in [0.25, 0.3) is 0 Å². The summed E-state index contributed by atoms with van der Waals surface area (Å²) in [5.41, 5.74) is 7.12. The van der Waals surface area contributed by atoms with Crippen LogP contribution in [0.4, 0.5) is 0 Å². The van der Waals surface area contributed by atoms with Crippen LogP contribution >= 0.6 is 0 Å². The van der Waals surface area contributed by atoms with Crippen molar-refractivity contribution in [2.75, 3.05) is 40.3 Å². The molecule has 1 heterocycles. The maximum atomic E-state index is 11.7. The molecule has 2 aromatic carbocycles. The van der Waals surface area contributed by atoms with E-state index in [1.807, 2.05) is 32.3 Å². The molecule has 3 rings (SSSR count). The summed E-state index contributed by atoms with van der Waals surface area (Å²) in [6.45, 7) is 3.49. The lowest BCUT2D eigenvalue weighted by Crippen LogP contribution is -2.53. The SMILES string of the molecule is CN(C)C[C@H]1CN(CCCc2ccccc2)CC[C@]1(O)c1cccc(C(N)=O)c1. The summed E-state index contributed by atoms with van der Waals surface area (Å²) >= 11 is 0. The maximum absolute atomic E-state index is 11.7. The zero-order valence-corrected chi connectivity index (χ0v) is 17.6. The van der Waals surface area contributed by atoms with Gasteiger partial charge in [-0.15, -0.1) is 0 Å². The molecule has 29 heavy (non-hydrogen) atoms. The summed E-state index contributed by atoms with van der Waals surface area (Å²) in [5.74, 6) is -0.399. The van der Waals surface area contributed by atoms with E-state index in [-0.39, 0.29) is 5.92 Å². The molecule has 0 aliphatic carbocycles. The summed E-state index contributed by atoms with van der Waals surface area (Å²) in [7, 11) is 4.07. The molecule has 0 spiro atoms. The Morgan fingerprint density at radius 3 is 2.66 bits per heavy atom. The van der Waals surface area contributed by atoms with Crippen molar-refractivity contribution in [1.82, 2.24) is 9.80 Å². The molecule has 1 aliphatic heterocycles. The van der Waals surface area contributed by atoms with Crippen LogP contribution in [0.5, 0.6) is 0 Å². The summed E-state index contributed by atoms with van der Waals surface area (Å²) in [5, 5.41) is 11.7. The number of primary amides is 1. The van der Waals surface area contributed by atoms with Gasteiger partial charge in [-0.2, -0.15) is 0 Å². The van der Waals surface area contributed by atoms with Crippen molar-refractivity contribution in [3.63, 3.8) is 0 Å². The number of nitrogens with zero attached hydrogens (tertiary/aromatic N) is 2. The third-order valence-electron chi connectivity index (χ3n) is 5.98. The van der Waals surface area contributed by atoms with Crippen LogP contribution in [-0.4, -0.2) is 61.1 Å². The molecule has 2 atom stereocenters. The molecule has 5 nitrogen and oxygen atoms in total. The molecule has 5 heteroatoms. The normalized spacial score (nSPS) is 22.7. The smallest absolute Gasteiger partial charge is 0.248 e. The topological polar surface area (TPSA) is 69.8 Å². The fourth-order valence-electron chi connectivity index (χ4n) is 4.41. The Kier molecular flexibility index (Phi) is 7.06. The number of carbonyl (C=O) groups is 1. The van der Waals surface area contributed by atoms with Crippen LogP contribution in [0.1, 0.15) is 34.3 Å². The van der Waals surface area contributed by atoms with Gasteiger partial charge in [0.2, 0.25) is 5.91 Å². The Labute approximate surface area is 174 Å². The Morgan fingerprint density at radius 2 is 1.97 bits per heavy atom. The molecule has 1 saturated heterocycles. The zero-order chi connectivity index (χ0) is 20.9. The number of carbonyl (C=O) groups excluding carboxylic acids is 1. The molecule has 1 fully saturated rings. The van der Waals surface area contributed by atoms with Crippen LogP contribution in [0.25, 0.3) is 0 Å². The number of nitrogens with two attached hydrogens (primary N) is 1. The Balaban J connectivity index is 1.69. The minimum atomic E-state index is -0.953. The molecule has 1 amide bonds. The second kappa shape index (κ2) is 9.53. The highest BCUT2D eigenvalue weighted by Crippen LogP contribution is 2.38. The standard InChI is InChI=1S/C24H33N3O2/c1-26(2)17-22-18-27(14-7-10-19-8-4-3-5-9-19)15-13-24(22,29)21-12-6-11-20(16-21)23(25)28/h3-6,8-9,11-12,16,22,29H,7,10,13-15,17-18H2,1-2H3,(H2,25,28)/t22-,24-/m0/s1. The Hall–Kier alpha value is -2.21. The average Bonchev–Trinajstić information content (AvgIpc) is 2.71. The minimum absolute atomic E-state index is 0.0612.